The second-order valence-corrected chi connectivity index (χ2v) is 4.13. The first-order valence-corrected chi connectivity index (χ1v) is 5.99. The Kier molecular flexibility index (Phi) is 2.77. The van der Waals surface area contributed by atoms with E-state index < -0.39 is 0 Å². The van der Waals surface area contributed by atoms with Crippen LogP contribution in [-0.4, -0.2) is 16.0 Å². The number of aryl methyl sites for hydroxylation is 1. The molecular weight excluding hydrogens is 206 g/mol. The van der Waals surface area contributed by atoms with Crippen LogP contribution in [0.5, 0.6) is 0 Å². The van der Waals surface area contributed by atoms with E-state index in [2.05, 4.69) is 21.8 Å². The molecule has 0 fully saturated rings. The molecule has 0 aliphatic carbocycles. The Hall–Kier alpha value is -1.29. The largest absolute Gasteiger partial charge is 0.336 e. The lowest BCUT2D eigenvalue weighted by atomic mass is 10.2. The molecule has 1 aromatic heterocycles. The van der Waals surface area contributed by atoms with Crippen LogP contribution in [0.3, 0.4) is 0 Å². The van der Waals surface area contributed by atoms with Crippen molar-refractivity contribution in [3.05, 3.63) is 30.3 Å². The van der Waals surface area contributed by atoms with Gasteiger partial charge < -0.3 is 0 Å². The Morgan fingerprint density at radius 2 is 1.93 bits per heavy atom. The van der Waals surface area contributed by atoms with Crippen LogP contribution < -0.4 is 4.57 Å². The van der Waals surface area contributed by atoms with E-state index in [1.54, 1.807) is 11.8 Å². The minimum absolute atomic E-state index is 1.02. The van der Waals surface area contributed by atoms with E-state index in [1.807, 2.05) is 43.2 Å². The van der Waals surface area contributed by atoms with Crippen LogP contribution in [0.15, 0.2) is 35.5 Å². The smallest absolute Gasteiger partial charge is 0.221 e. The molecule has 0 N–H and O–H groups in total. The third kappa shape index (κ3) is 1.77. The fourth-order valence-corrected chi connectivity index (χ4v) is 2.26. The average Bonchev–Trinajstić information content (AvgIpc) is 2.55. The SMILES string of the molecule is CSc1nn(C)c(-c2ccccc2)[n+]1C. The molecule has 0 aliphatic heterocycles. The Bertz CT molecular complexity index is 462. The summed E-state index contributed by atoms with van der Waals surface area (Å²) in [5.41, 5.74) is 1.19. The highest BCUT2D eigenvalue weighted by Gasteiger charge is 2.20. The van der Waals surface area contributed by atoms with E-state index in [1.165, 1.54) is 5.56 Å². The van der Waals surface area contributed by atoms with Gasteiger partial charge in [0.1, 0.15) is 0 Å². The van der Waals surface area contributed by atoms with Crippen molar-refractivity contribution in [1.82, 2.24) is 9.78 Å². The lowest BCUT2D eigenvalue weighted by Gasteiger charge is -1.97. The molecule has 2 rings (SSSR count). The Morgan fingerprint density at radius 1 is 1.27 bits per heavy atom. The molecule has 15 heavy (non-hydrogen) atoms. The van der Waals surface area contributed by atoms with Gasteiger partial charge in [0, 0.05) is 0 Å². The lowest BCUT2D eigenvalue weighted by molar-refractivity contribution is -0.698. The van der Waals surface area contributed by atoms with Gasteiger partial charge in [0.15, 0.2) is 0 Å². The van der Waals surface area contributed by atoms with Gasteiger partial charge in [-0.25, -0.2) is 4.57 Å². The van der Waals surface area contributed by atoms with Crippen molar-refractivity contribution in [2.45, 2.75) is 5.16 Å². The second kappa shape index (κ2) is 4.06. The molecule has 0 saturated heterocycles. The van der Waals surface area contributed by atoms with Crippen LogP contribution in [-0.2, 0) is 14.1 Å². The van der Waals surface area contributed by atoms with Crippen LogP contribution in [0, 0.1) is 0 Å². The first-order valence-electron chi connectivity index (χ1n) is 4.76. The molecule has 78 valence electrons. The molecule has 0 radical (unpaired) electrons. The number of benzene rings is 1. The minimum Gasteiger partial charge on any atom is -0.221 e. The van der Waals surface area contributed by atoms with Crippen molar-refractivity contribution in [1.29, 1.82) is 0 Å². The fourth-order valence-electron chi connectivity index (χ4n) is 1.70. The van der Waals surface area contributed by atoms with E-state index >= 15 is 0 Å². The van der Waals surface area contributed by atoms with Crippen molar-refractivity contribution >= 4 is 11.8 Å². The fraction of sp³-hybridized carbons (Fsp3) is 0.273. The van der Waals surface area contributed by atoms with E-state index in [4.69, 9.17) is 0 Å². The molecule has 0 spiro atoms. The third-order valence-corrected chi connectivity index (χ3v) is 3.08. The molecule has 0 atom stereocenters. The Morgan fingerprint density at radius 3 is 2.47 bits per heavy atom. The Balaban J connectivity index is 2.58. The highest BCUT2D eigenvalue weighted by atomic mass is 32.2. The number of rotatable bonds is 2. The van der Waals surface area contributed by atoms with Gasteiger partial charge in [-0.2, -0.15) is 0 Å². The van der Waals surface area contributed by atoms with Gasteiger partial charge >= 0.3 is 5.16 Å². The first kappa shape index (κ1) is 10.2. The molecule has 1 aromatic carbocycles. The quantitative estimate of drug-likeness (QED) is 0.567. The maximum Gasteiger partial charge on any atom is 0.336 e. The molecule has 0 saturated carbocycles. The zero-order chi connectivity index (χ0) is 10.8. The van der Waals surface area contributed by atoms with Crippen LogP contribution in [0.2, 0.25) is 0 Å². The van der Waals surface area contributed by atoms with Gasteiger partial charge in [0.05, 0.1) is 24.8 Å². The van der Waals surface area contributed by atoms with Gasteiger partial charge in [0.25, 0.3) is 5.82 Å². The number of thioether (sulfide) groups is 1. The summed E-state index contributed by atoms with van der Waals surface area (Å²) < 4.78 is 4.03. The molecule has 3 nitrogen and oxygen atoms in total. The maximum atomic E-state index is 4.45. The van der Waals surface area contributed by atoms with Crippen molar-refractivity contribution in [3.63, 3.8) is 0 Å². The minimum atomic E-state index is 1.02. The summed E-state index contributed by atoms with van der Waals surface area (Å²) in [7, 11) is 4.02. The molecule has 1 heterocycles. The number of hydrogen-bond donors (Lipinski definition) is 0. The van der Waals surface area contributed by atoms with E-state index in [-0.39, 0.29) is 0 Å². The third-order valence-electron chi connectivity index (χ3n) is 2.36. The van der Waals surface area contributed by atoms with Crippen LogP contribution in [0.1, 0.15) is 0 Å². The summed E-state index contributed by atoms with van der Waals surface area (Å²) in [4.78, 5) is 0. The van der Waals surface area contributed by atoms with Gasteiger partial charge in [-0.3, -0.25) is 0 Å². The van der Waals surface area contributed by atoms with Crippen LogP contribution in [0.25, 0.3) is 11.4 Å². The Labute approximate surface area is 93.7 Å². The van der Waals surface area contributed by atoms with Crippen LogP contribution >= 0.6 is 11.8 Å². The van der Waals surface area contributed by atoms with Gasteiger partial charge in [-0.05, 0) is 18.4 Å². The van der Waals surface area contributed by atoms with Crippen molar-refractivity contribution < 1.29 is 4.57 Å². The maximum absolute atomic E-state index is 4.45. The van der Waals surface area contributed by atoms with Crippen molar-refractivity contribution in [3.8, 4) is 11.4 Å². The normalized spacial score (nSPS) is 10.6. The van der Waals surface area contributed by atoms with E-state index in [0.717, 1.165) is 11.0 Å². The number of nitrogens with zero attached hydrogens (tertiary/aromatic N) is 3. The summed E-state index contributed by atoms with van der Waals surface area (Å²) in [6, 6.07) is 10.3. The number of hydrogen-bond acceptors (Lipinski definition) is 2. The monoisotopic (exact) mass is 220 g/mol. The molecule has 0 aliphatic rings. The molecule has 0 unspecified atom stereocenters. The van der Waals surface area contributed by atoms with Crippen molar-refractivity contribution in [2.75, 3.05) is 6.26 Å². The molecule has 0 amide bonds. The predicted octanol–water partition coefficient (Wildman–Crippen LogP) is 1.63. The first-order chi connectivity index (χ1) is 7.24. The second-order valence-electron chi connectivity index (χ2n) is 3.36. The van der Waals surface area contributed by atoms with Gasteiger partial charge in [-0.1, -0.05) is 30.0 Å². The zero-order valence-electron chi connectivity index (χ0n) is 9.14. The average molecular weight is 220 g/mol. The number of aromatic nitrogens is 3. The molecule has 0 bridgehead atoms. The van der Waals surface area contributed by atoms with Crippen LogP contribution in [0.4, 0.5) is 0 Å². The highest BCUT2D eigenvalue weighted by molar-refractivity contribution is 7.98. The van der Waals surface area contributed by atoms with Crippen molar-refractivity contribution in [2.24, 2.45) is 14.1 Å². The summed E-state index contributed by atoms with van der Waals surface area (Å²) in [6.45, 7) is 0. The zero-order valence-corrected chi connectivity index (χ0v) is 9.95. The predicted molar refractivity (Wildman–Crippen MR) is 61.6 cm³/mol. The summed E-state index contributed by atoms with van der Waals surface area (Å²) in [6.07, 6.45) is 2.04. The molecule has 2 aromatic rings. The van der Waals surface area contributed by atoms with E-state index in [0.29, 0.717) is 0 Å². The lowest BCUT2D eigenvalue weighted by Crippen LogP contribution is -2.31. The van der Waals surface area contributed by atoms with Gasteiger partial charge in [0.2, 0.25) is 0 Å². The topological polar surface area (TPSA) is 21.7 Å². The highest BCUT2D eigenvalue weighted by Crippen LogP contribution is 2.16. The summed E-state index contributed by atoms with van der Waals surface area (Å²) >= 11 is 1.66. The summed E-state index contributed by atoms with van der Waals surface area (Å²) in [5.74, 6) is 1.12. The van der Waals surface area contributed by atoms with E-state index in [9.17, 15) is 0 Å². The molecule has 4 heteroatoms. The summed E-state index contributed by atoms with van der Waals surface area (Å²) in [5, 5.41) is 5.47. The molecular formula is C11H14N3S+. The standard InChI is InChI=1S/C11H14N3S/c1-13-10(9-7-5-4-6-8-9)14(2)12-11(13)15-3/h4-8H,1-3H3/q+1. The van der Waals surface area contributed by atoms with Gasteiger partial charge in [-0.15, -0.1) is 4.68 Å².